The Bertz CT molecular complexity index is 539. The lowest BCUT2D eigenvalue weighted by atomic mass is 10.1. The van der Waals surface area contributed by atoms with Gasteiger partial charge in [0, 0.05) is 12.5 Å². The monoisotopic (exact) mass is 364 g/mol. The summed E-state index contributed by atoms with van der Waals surface area (Å²) in [6, 6.07) is 3.52. The first-order chi connectivity index (χ1) is 9.77. The van der Waals surface area contributed by atoms with Crippen LogP contribution in [0, 0.1) is 5.82 Å². The van der Waals surface area contributed by atoms with E-state index in [0.717, 1.165) is 5.56 Å². The standard InChI is InChI=1S/C14H16BrF3N2O/c1-8(4-9-2-3-11(16)10(15)5-9)20-13(21)12-6-14(17,18)7-19-12/h2-3,5,8,12,19H,4,6-7H2,1H3,(H,20,21). The van der Waals surface area contributed by atoms with Crippen LogP contribution in [0.25, 0.3) is 0 Å². The van der Waals surface area contributed by atoms with Crippen LogP contribution >= 0.6 is 15.9 Å². The van der Waals surface area contributed by atoms with Gasteiger partial charge in [0.25, 0.3) is 5.92 Å². The quantitative estimate of drug-likeness (QED) is 0.862. The largest absolute Gasteiger partial charge is 0.352 e. The van der Waals surface area contributed by atoms with Gasteiger partial charge in [-0.1, -0.05) is 6.07 Å². The van der Waals surface area contributed by atoms with E-state index in [1.807, 2.05) is 0 Å². The molecular weight excluding hydrogens is 349 g/mol. The molecule has 2 atom stereocenters. The van der Waals surface area contributed by atoms with Gasteiger partial charge in [0.2, 0.25) is 5.91 Å². The first-order valence-electron chi connectivity index (χ1n) is 6.62. The molecule has 1 fully saturated rings. The maximum absolute atomic E-state index is 13.1. The number of carbonyl (C=O) groups excluding carboxylic acids is 1. The minimum absolute atomic E-state index is 0.231. The van der Waals surface area contributed by atoms with E-state index in [1.54, 1.807) is 19.1 Å². The Morgan fingerprint density at radius 3 is 2.86 bits per heavy atom. The van der Waals surface area contributed by atoms with Crippen molar-refractivity contribution in [2.24, 2.45) is 0 Å². The summed E-state index contributed by atoms with van der Waals surface area (Å²) in [6.07, 6.45) is 0.0153. The van der Waals surface area contributed by atoms with Crippen molar-refractivity contribution >= 4 is 21.8 Å². The number of hydrogen-bond acceptors (Lipinski definition) is 2. The van der Waals surface area contributed by atoms with Crippen molar-refractivity contribution in [2.45, 2.75) is 37.8 Å². The van der Waals surface area contributed by atoms with Crippen LogP contribution in [0.4, 0.5) is 13.2 Å². The highest BCUT2D eigenvalue weighted by molar-refractivity contribution is 9.10. The highest BCUT2D eigenvalue weighted by atomic mass is 79.9. The van der Waals surface area contributed by atoms with Gasteiger partial charge in [-0.3, -0.25) is 10.1 Å². The average Bonchev–Trinajstić information content (AvgIpc) is 2.74. The van der Waals surface area contributed by atoms with Gasteiger partial charge in [0.15, 0.2) is 0 Å². The van der Waals surface area contributed by atoms with Gasteiger partial charge < -0.3 is 5.32 Å². The molecule has 0 aromatic heterocycles. The summed E-state index contributed by atoms with van der Waals surface area (Å²) in [7, 11) is 0. The smallest absolute Gasteiger partial charge is 0.262 e. The first kappa shape index (κ1) is 16.3. The molecule has 7 heteroatoms. The number of carbonyl (C=O) groups is 1. The molecule has 1 saturated heterocycles. The molecule has 1 aliphatic rings. The van der Waals surface area contributed by atoms with Crippen molar-refractivity contribution in [3.63, 3.8) is 0 Å². The van der Waals surface area contributed by atoms with Gasteiger partial charge in [0.1, 0.15) is 5.82 Å². The summed E-state index contributed by atoms with van der Waals surface area (Å²) < 4.78 is 39.6. The topological polar surface area (TPSA) is 41.1 Å². The van der Waals surface area contributed by atoms with Crippen LogP contribution in [0.5, 0.6) is 0 Å². The summed E-state index contributed by atoms with van der Waals surface area (Å²) in [5.74, 6) is -3.61. The predicted molar refractivity (Wildman–Crippen MR) is 76.8 cm³/mol. The van der Waals surface area contributed by atoms with Crippen LogP contribution in [0.15, 0.2) is 22.7 Å². The maximum atomic E-state index is 13.1. The number of amides is 1. The lowest BCUT2D eigenvalue weighted by Crippen LogP contribution is -2.44. The van der Waals surface area contributed by atoms with Gasteiger partial charge in [0.05, 0.1) is 17.1 Å². The molecule has 1 aromatic rings. The van der Waals surface area contributed by atoms with E-state index in [-0.39, 0.29) is 11.9 Å². The van der Waals surface area contributed by atoms with E-state index < -0.39 is 30.8 Å². The summed E-state index contributed by atoms with van der Waals surface area (Å²) in [5.41, 5.74) is 0.848. The Balaban J connectivity index is 1.88. The van der Waals surface area contributed by atoms with Gasteiger partial charge >= 0.3 is 0 Å². The van der Waals surface area contributed by atoms with E-state index in [9.17, 15) is 18.0 Å². The molecule has 0 radical (unpaired) electrons. The van der Waals surface area contributed by atoms with Crippen molar-refractivity contribution < 1.29 is 18.0 Å². The van der Waals surface area contributed by atoms with Gasteiger partial charge in [-0.25, -0.2) is 13.2 Å². The van der Waals surface area contributed by atoms with E-state index in [0.29, 0.717) is 10.9 Å². The molecule has 1 heterocycles. The Kier molecular flexibility index (Phi) is 4.93. The number of benzene rings is 1. The van der Waals surface area contributed by atoms with Crippen molar-refractivity contribution in [2.75, 3.05) is 6.54 Å². The summed E-state index contributed by atoms with van der Waals surface area (Å²) in [6.45, 7) is 1.31. The zero-order valence-corrected chi connectivity index (χ0v) is 13.0. The molecule has 116 valence electrons. The normalized spacial score (nSPS) is 22.0. The van der Waals surface area contributed by atoms with Crippen LogP contribution < -0.4 is 10.6 Å². The van der Waals surface area contributed by atoms with Crippen molar-refractivity contribution in [1.82, 2.24) is 10.6 Å². The lowest BCUT2D eigenvalue weighted by molar-refractivity contribution is -0.124. The number of alkyl halides is 2. The highest BCUT2D eigenvalue weighted by Crippen LogP contribution is 2.25. The minimum Gasteiger partial charge on any atom is -0.352 e. The van der Waals surface area contributed by atoms with Crippen LogP contribution in [-0.2, 0) is 11.2 Å². The maximum Gasteiger partial charge on any atom is 0.262 e. The molecule has 0 spiro atoms. The molecule has 1 amide bonds. The number of halogens is 4. The fraction of sp³-hybridized carbons (Fsp3) is 0.500. The fourth-order valence-electron chi connectivity index (χ4n) is 2.32. The molecule has 0 bridgehead atoms. The molecule has 2 N–H and O–H groups in total. The molecule has 0 saturated carbocycles. The lowest BCUT2D eigenvalue weighted by Gasteiger charge is -2.17. The van der Waals surface area contributed by atoms with E-state index in [1.165, 1.54) is 6.07 Å². The van der Waals surface area contributed by atoms with Crippen LogP contribution in [0.1, 0.15) is 18.9 Å². The minimum atomic E-state index is -2.83. The molecule has 2 rings (SSSR count). The average molecular weight is 365 g/mol. The summed E-state index contributed by atoms with van der Waals surface area (Å²) in [5, 5.41) is 5.21. The second-order valence-electron chi connectivity index (χ2n) is 5.36. The van der Waals surface area contributed by atoms with Crippen LogP contribution in [-0.4, -0.2) is 30.5 Å². The second-order valence-corrected chi connectivity index (χ2v) is 6.21. The summed E-state index contributed by atoms with van der Waals surface area (Å²) in [4.78, 5) is 11.9. The third kappa shape index (κ3) is 4.44. The Labute approximate surface area is 129 Å². The second kappa shape index (κ2) is 6.36. The van der Waals surface area contributed by atoms with Crippen molar-refractivity contribution in [1.29, 1.82) is 0 Å². The molecule has 3 nitrogen and oxygen atoms in total. The van der Waals surface area contributed by atoms with Gasteiger partial charge in [-0.2, -0.15) is 0 Å². The van der Waals surface area contributed by atoms with E-state index in [2.05, 4.69) is 26.6 Å². The third-order valence-electron chi connectivity index (χ3n) is 3.34. The van der Waals surface area contributed by atoms with Gasteiger partial charge in [-0.05, 0) is 47.0 Å². The Morgan fingerprint density at radius 1 is 1.57 bits per heavy atom. The van der Waals surface area contributed by atoms with E-state index in [4.69, 9.17) is 0 Å². The molecule has 1 aromatic carbocycles. The Hall–Kier alpha value is -1.08. The number of rotatable bonds is 4. The first-order valence-corrected chi connectivity index (χ1v) is 7.42. The SMILES string of the molecule is CC(Cc1ccc(F)c(Br)c1)NC(=O)C1CC(F)(F)CN1. The summed E-state index contributed by atoms with van der Waals surface area (Å²) >= 11 is 3.10. The predicted octanol–water partition coefficient (Wildman–Crippen LogP) is 2.63. The molecular formula is C14H16BrF3N2O. The highest BCUT2D eigenvalue weighted by Gasteiger charge is 2.42. The zero-order valence-electron chi connectivity index (χ0n) is 11.4. The van der Waals surface area contributed by atoms with E-state index >= 15 is 0 Å². The van der Waals surface area contributed by atoms with Crippen molar-refractivity contribution in [3.8, 4) is 0 Å². The molecule has 21 heavy (non-hydrogen) atoms. The van der Waals surface area contributed by atoms with Gasteiger partial charge in [-0.15, -0.1) is 0 Å². The fourth-order valence-corrected chi connectivity index (χ4v) is 2.74. The number of nitrogens with one attached hydrogen (secondary N) is 2. The number of hydrogen-bond donors (Lipinski definition) is 2. The molecule has 1 aliphatic heterocycles. The van der Waals surface area contributed by atoms with Crippen LogP contribution in [0.3, 0.4) is 0 Å². The van der Waals surface area contributed by atoms with Crippen molar-refractivity contribution in [3.05, 3.63) is 34.1 Å². The van der Waals surface area contributed by atoms with Crippen LogP contribution in [0.2, 0.25) is 0 Å². The third-order valence-corrected chi connectivity index (χ3v) is 3.95. The molecule has 2 unspecified atom stereocenters. The zero-order chi connectivity index (χ0) is 15.6. The molecule has 0 aliphatic carbocycles. The Morgan fingerprint density at radius 2 is 2.29 bits per heavy atom.